The molecule has 132 valence electrons. The summed E-state index contributed by atoms with van der Waals surface area (Å²) in [6.45, 7) is 3.54. The molecule has 2 aliphatic rings. The molecular weight excluding hydrogens is 384 g/mol. The molecule has 1 fully saturated rings. The molecule has 0 amide bonds. The number of pyridine rings is 1. The molecule has 5 nitrogen and oxygen atoms in total. The van der Waals surface area contributed by atoms with E-state index in [9.17, 15) is 9.90 Å². The van der Waals surface area contributed by atoms with Crippen LogP contribution in [-0.2, 0) is 13.1 Å². The second-order valence-corrected chi connectivity index (χ2v) is 7.88. The third-order valence-electron chi connectivity index (χ3n) is 5.27. The van der Waals surface area contributed by atoms with Crippen LogP contribution in [0.15, 0.2) is 39.6 Å². The zero-order chi connectivity index (χ0) is 17.6. The second kappa shape index (κ2) is 6.50. The van der Waals surface area contributed by atoms with Crippen LogP contribution in [0.3, 0.4) is 0 Å². The monoisotopic (exact) mass is 404 g/mol. The van der Waals surface area contributed by atoms with Crippen LogP contribution in [0.2, 0.25) is 0 Å². The molecule has 4 rings (SSSR count). The number of rotatable bonds is 3. The van der Waals surface area contributed by atoms with Crippen LogP contribution in [0.4, 0.5) is 0 Å². The van der Waals surface area contributed by atoms with Crippen molar-refractivity contribution in [1.82, 2.24) is 9.47 Å². The first kappa shape index (κ1) is 16.7. The van der Waals surface area contributed by atoms with Gasteiger partial charge in [0.25, 0.3) is 5.56 Å². The molecule has 0 aliphatic carbocycles. The van der Waals surface area contributed by atoms with Crippen LogP contribution in [0.5, 0.6) is 11.5 Å². The minimum atomic E-state index is 0.118. The number of benzene rings is 1. The highest BCUT2D eigenvalue weighted by Gasteiger charge is 2.34. The number of likely N-dealkylation sites (tertiary alicyclic amines) is 1. The molecule has 2 atom stereocenters. The molecule has 3 heterocycles. The Bertz CT molecular complexity index is 864. The van der Waals surface area contributed by atoms with Gasteiger partial charge >= 0.3 is 0 Å². The number of halogens is 1. The number of hydrogen-bond donors (Lipinski definition) is 1. The molecule has 25 heavy (non-hydrogen) atoms. The van der Waals surface area contributed by atoms with Crippen LogP contribution in [0.25, 0.3) is 0 Å². The van der Waals surface area contributed by atoms with Gasteiger partial charge in [-0.2, -0.15) is 0 Å². The summed E-state index contributed by atoms with van der Waals surface area (Å²) in [6, 6.07) is 9.45. The lowest BCUT2D eigenvalue weighted by molar-refractivity contribution is 0.114. The van der Waals surface area contributed by atoms with Crippen LogP contribution >= 0.6 is 15.9 Å². The number of hydrogen-bond acceptors (Lipinski definition) is 4. The van der Waals surface area contributed by atoms with Crippen molar-refractivity contribution in [2.45, 2.75) is 25.4 Å². The summed E-state index contributed by atoms with van der Waals surface area (Å²) in [6.07, 6.45) is 1.16. The van der Waals surface area contributed by atoms with Gasteiger partial charge in [-0.3, -0.25) is 9.69 Å². The molecule has 2 aliphatic heterocycles. The smallest absolute Gasteiger partial charge is 0.250 e. The number of phenols is 1. The van der Waals surface area contributed by atoms with Gasteiger partial charge in [-0.05, 0) is 52.0 Å². The summed E-state index contributed by atoms with van der Waals surface area (Å²) in [4.78, 5) is 14.6. The summed E-state index contributed by atoms with van der Waals surface area (Å²) in [5.41, 5.74) is 2.39. The van der Waals surface area contributed by atoms with Crippen LogP contribution < -0.4 is 10.3 Å². The number of aromatic hydroxyl groups is 1. The maximum Gasteiger partial charge on any atom is 0.250 e. The average molecular weight is 405 g/mol. The molecule has 1 aromatic carbocycles. The van der Waals surface area contributed by atoms with Crippen molar-refractivity contribution in [3.63, 3.8) is 0 Å². The Hall–Kier alpha value is -1.79. The van der Waals surface area contributed by atoms with Crippen molar-refractivity contribution in [3.8, 4) is 11.5 Å². The molecule has 2 bridgehead atoms. The number of piperidine rings is 1. The van der Waals surface area contributed by atoms with E-state index in [1.807, 2.05) is 22.8 Å². The van der Waals surface area contributed by atoms with E-state index >= 15 is 0 Å². The van der Waals surface area contributed by atoms with Gasteiger partial charge in [0.1, 0.15) is 0 Å². The summed E-state index contributed by atoms with van der Waals surface area (Å²) >= 11 is 3.39. The molecule has 1 aromatic heterocycles. The average Bonchev–Trinajstić information content (AvgIpc) is 2.59. The Morgan fingerprint density at radius 1 is 1.28 bits per heavy atom. The van der Waals surface area contributed by atoms with Gasteiger partial charge in [-0.25, -0.2) is 0 Å². The van der Waals surface area contributed by atoms with Gasteiger partial charge in [0.05, 0.1) is 11.6 Å². The van der Waals surface area contributed by atoms with Crippen LogP contribution in [0.1, 0.15) is 23.6 Å². The summed E-state index contributed by atoms with van der Waals surface area (Å²) in [7, 11) is 1.56. The first-order chi connectivity index (χ1) is 12.0. The molecular formula is C19H21BrN2O3. The highest BCUT2D eigenvalue weighted by atomic mass is 79.9. The van der Waals surface area contributed by atoms with Gasteiger partial charge in [-0.15, -0.1) is 0 Å². The molecule has 2 aromatic rings. The number of methoxy groups -OCH3 is 1. The van der Waals surface area contributed by atoms with Crippen molar-refractivity contribution in [3.05, 3.63) is 56.4 Å². The van der Waals surface area contributed by atoms with Crippen molar-refractivity contribution in [1.29, 1.82) is 0 Å². The zero-order valence-corrected chi connectivity index (χ0v) is 15.7. The Morgan fingerprint density at radius 2 is 2.12 bits per heavy atom. The lowest BCUT2D eigenvalue weighted by Crippen LogP contribution is -2.46. The number of ether oxygens (including phenoxy) is 1. The Kier molecular flexibility index (Phi) is 4.33. The molecule has 0 unspecified atom stereocenters. The lowest BCUT2D eigenvalue weighted by atomic mass is 9.83. The number of aromatic nitrogens is 1. The lowest BCUT2D eigenvalue weighted by Gasteiger charge is -2.42. The largest absolute Gasteiger partial charge is 0.503 e. The molecule has 0 saturated carbocycles. The summed E-state index contributed by atoms with van der Waals surface area (Å²) < 4.78 is 7.86. The first-order valence-electron chi connectivity index (χ1n) is 8.52. The van der Waals surface area contributed by atoms with Gasteiger partial charge in [0.2, 0.25) is 0 Å². The van der Waals surface area contributed by atoms with E-state index in [4.69, 9.17) is 4.74 Å². The van der Waals surface area contributed by atoms with Crippen molar-refractivity contribution < 1.29 is 9.84 Å². The van der Waals surface area contributed by atoms with Crippen LogP contribution in [-0.4, -0.2) is 34.8 Å². The van der Waals surface area contributed by atoms with Crippen LogP contribution in [0, 0.1) is 5.92 Å². The normalized spacial score (nSPS) is 22.5. The van der Waals surface area contributed by atoms with Crippen molar-refractivity contribution in [2.24, 2.45) is 5.92 Å². The van der Waals surface area contributed by atoms with Gasteiger partial charge < -0.3 is 14.4 Å². The Labute approximate surface area is 155 Å². The maximum absolute atomic E-state index is 12.1. The molecule has 0 spiro atoms. The van der Waals surface area contributed by atoms with E-state index in [1.165, 1.54) is 0 Å². The number of nitrogens with zero attached hydrogens (tertiary/aromatic N) is 2. The minimum absolute atomic E-state index is 0.118. The van der Waals surface area contributed by atoms with Gasteiger partial charge in [-0.1, -0.05) is 6.07 Å². The Balaban J connectivity index is 1.57. The first-order valence-corrected chi connectivity index (χ1v) is 9.32. The fourth-order valence-electron chi connectivity index (χ4n) is 4.26. The standard InChI is InChI=1S/C19H21BrN2O3/c1-25-17-7-12(6-15(20)19(17)24)8-21-9-13-5-14(11-21)16-3-2-4-18(23)22(16)10-13/h2-4,6-7,13-14,24H,5,8-11H2,1H3/t13-,14+/m0/s1. The van der Waals surface area contributed by atoms with E-state index in [0.717, 1.165) is 43.9 Å². The van der Waals surface area contributed by atoms with E-state index < -0.39 is 0 Å². The SMILES string of the molecule is COc1cc(CN2C[C@@H]3C[C@H](C2)c2cccc(=O)n2C3)cc(Br)c1O. The fourth-order valence-corrected chi connectivity index (χ4v) is 4.75. The summed E-state index contributed by atoms with van der Waals surface area (Å²) in [5.74, 6) is 1.53. The predicted octanol–water partition coefficient (Wildman–Crippen LogP) is 2.94. The minimum Gasteiger partial charge on any atom is -0.503 e. The third-order valence-corrected chi connectivity index (χ3v) is 5.87. The van der Waals surface area contributed by atoms with Crippen molar-refractivity contribution in [2.75, 3.05) is 20.2 Å². The van der Waals surface area contributed by atoms with Crippen molar-refractivity contribution >= 4 is 15.9 Å². The number of phenolic OH excluding ortho intramolecular Hbond substituents is 1. The highest BCUT2D eigenvalue weighted by molar-refractivity contribution is 9.10. The quantitative estimate of drug-likeness (QED) is 0.854. The topological polar surface area (TPSA) is 54.7 Å². The molecule has 0 radical (unpaired) electrons. The maximum atomic E-state index is 12.1. The third kappa shape index (κ3) is 3.09. The zero-order valence-electron chi connectivity index (χ0n) is 14.1. The fraction of sp³-hybridized carbons (Fsp3) is 0.421. The number of fused-ring (bicyclic) bond motifs is 4. The predicted molar refractivity (Wildman–Crippen MR) is 99.2 cm³/mol. The highest BCUT2D eigenvalue weighted by Crippen LogP contribution is 2.38. The summed E-state index contributed by atoms with van der Waals surface area (Å²) in [5, 5.41) is 9.98. The van der Waals surface area contributed by atoms with E-state index in [1.54, 1.807) is 13.2 Å². The van der Waals surface area contributed by atoms with E-state index in [0.29, 0.717) is 22.1 Å². The molecule has 6 heteroatoms. The second-order valence-electron chi connectivity index (χ2n) is 7.02. The molecule has 1 N–H and O–H groups in total. The molecule has 1 saturated heterocycles. The van der Waals surface area contributed by atoms with E-state index in [2.05, 4.69) is 26.9 Å². The van der Waals surface area contributed by atoms with Gasteiger partial charge in [0, 0.05) is 43.9 Å². The van der Waals surface area contributed by atoms with E-state index in [-0.39, 0.29) is 11.3 Å². The Morgan fingerprint density at radius 3 is 2.92 bits per heavy atom. The van der Waals surface area contributed by atoms with Gasteiger partial charge in [0.15, 0.2) is 11.5 Å².